The number of Topliss-reactive ketones (excluding diaryl/α,β-unsaturated/α-hetero) is 2. The number of likely N-dealkylation sites (tertiary alicyclic amines) is 1. The van der Waals surface area contributed by atoms with Crippen LogP contribution in [-0.4, -0.2) is 70.1 Å². The fourth-order valence-electron chi connectivity index (χ4n) is 6.14. The van der Waals surface area contributed by atoms with E-state index in [4.69, 9.17) is 0 Å². The maximum Gasteiger partial charge on any atom is 0.248 e. The Morgan fingerprint density at radius 2 is 1.79 bits per heavy atom. The van der Waals surface area contributed by atoms with E-state index in [-0.39, 0.29) is 41.7 Å². The molecule has 5 heterocycles. The number of hydrogen-bond acceptors (Lipinski definition) is 9. The van der Waals surface area contributed by atoms with Gasteiger partial charge in [0.1, 0.15) is 40.3 Å². The Hall–Kier alpha value is -4.39. The van der Waals surface area contributed by atoms with E-state index in [9.17, 15) is 19.2 Å². The van der Waals surface area contributed by atoms with Gasteiger partial charge in [-0.25, -0.2) is 15.0 Å². The molecule has 1 saturated heterocycles. The van der Waals surface area contributed by atoms with Crippen molar-refractivity contribution in [2.45, 2.75) is 65.6 Å². The van der Waals surface area contributed by atoms with Gasteiger partial charge in [0.15, 0.2) is 5.78 Å². The largest absolute Gasteiger partial charge is 0.325 e. The summed E-state index contributed by atoms with van der Waals surface area (Å²) in [6.07, 6.45) is 6.22. The van der Waals surface area contributed by atoms with Crippen molar-refractivity contribution in [3.8, 4) is 11.3 Å². The van der Waals surface area contributed by atoms with Crippen molar-refractivity contribution in [1.29, 1.82) is 0 Å². The number of aryl methyl sites for hydroxylation is 2. The molecular formula is C30H29BrN8O4. The fraction of sp³-hybridized carbons (Fsp3) is 0.367. The molecule has 43 heavy (non-hydrogen) atoms. The number of amides is 2. The number of rotatable bonds is 8. The average Bonchev–Trinajstić information content (AvgIpc) is 3.35. The molecule has 4 aromatic heterocycles. The summed E-state index contributed by atoms with van der Waals surface area (Å²) in [5.41, 5.74) is 2.33. The Bertz CT molecular complexity index is 1820. The van der Waals surface area contributed by atoms with Gasteiger partial charge in [-0.1, -0.05) is 6.07 Å². The van der Waals surface area contributed by atoms with Crippen LogP contribution in [-0.2, 0) is 20.9 Å². The van der Waals surface area contributed by atoms with Crippen molar-refractivity contribution >= 4 is 56.0 Å². The maximum atomic E-state index is 14.0. The molecule has 220 valence electrons. The Labute approximate surface area is 255 Å². The van der Waals surface area contributed by atoms with E-state index >= 15 is 0 Å². The van der Waals surface area contributed by atoms with E-state index in [1.165, 1.54) is 18.5 Å². The van der Waals surface area contributed by atoms with Crippen LogP contribution in [0.15, 0.2) is 41.4 Å². The van der Waals surface area contributed by atoms with Gasteiger partial charge in [0, 0.05) is 48.1 Å². The van der Waals surface area contributed by atoms with Crippen LogP contribution in [0.2, 0.25) is 0 Å². The summed E-state index contributed by atoms with van der Waals surface area (Å²) in [5, 5.41) is 7.92. The molecule has 6 rings (SSSR count). The first kappa shape index (κ1) is 28.7. The number of hydrogen-bond donors (Lipinski definition) is 1. The summed E-state index contributed by atoms with van der Waals surface area (Å²) in [4.78, 5) is 71.2. The summed E-state index contributed by atoms with van der Waals surface area (Å²) in [6, 6.07) is 4.33. The van der Waals surface area contributed by atoms with Gasteiger partial charge < -0.3 is 15.0 Å². The Morgan fingerprint density at radius 3 is 2.49 bits per heavy atom. The van der Waals surface area contributed by atoms with Crippen LogP contribution in [0, 0.1) is 19.3 Å². The van der Waals surface area contributed by atoms with Crippen LogP contribution in [0.5, 0.6) is 0 Å². The average molecular weight is 646 g/mol. The lowest BCUT2D eigenvalue weighted by molar-refractivity contribution is -0.138. The van der Waals surface area contributed by atoms with Gasteiger partial charge in [-0.05, 0) is 67.2 Å². The molecule has 2 aliphatic rings. The maximum absolute atomic E-state index is 14.0. The summed E-state index contributed by atoms with van der Waals surface area (Å²) in [5.74, 6) is 0.0940. The second-order valence-corrected chi connectivity index (χ2v) is 12.3. The summed E-state index contributed by atoms with van der Waals surface area (Å²) in [7, 11) is 0. The molecule has 12 nitrogen and oxygen atoms in total. The molecule has 0 bridgehead atoms. The number of carbonyl (C=O) groups is 4. The van der Waals surface area contributed by atoms with Crippen LogP contribution in [0.25, 0.3) is 22.2 Å². The monoisotopic (exact) mass is 644 g/mol. The van der Waals surface area contributed by atoms with Gasteiger partial charge in [0.2, 0.25) is 11.8 Å². The van der Waals surface area contributed by atoms with Crippen LogP contribution in [0.4, 0.5) is 5.82 Å². The number of piperidine rings is 1. The van der Waals surface area contributed by atoms with Crippen molar-refractivity contribution in [2.24, 2.45) is 5.41 Å². The Balaban J connectivity index is 1.31. The highest BCUT2D eigenvalue weighted by Gasteiger charge is 2.67. The normalized spacial score (nSPS) is 20.6. The van der Waals surface area contributed by atoms with E-state index in [1.807, 2.05) is 13.0 Å². The quantitative estimate of drug-likeness (QED) is 0.223. The number of ketones is 2. The van der Waals surface area contributed by atoms with Crippen molar-refractivity contribution in [3.63, 3.8) is 0 Å². The Kier molecular flexibility index (Phi) is 7.15. The second kappa shape index (κ2) is 10.7. The molecule has 4 aromatic rings. The van der Waals surface area contributed by atoms with E-state index in [0.717, 1.165) is 5.56 Å². The highest BCUT2D eigenvalue weighted by atomic mass is 79.9. The zero-order valence-corrected chi connectivity index (χ0v) is 25.7. The summed E-state index contributed by atoms with van der Waals surface area (Å²) >= 11 is 3.34. The topological polar surface area (TPSA) is 153 Å². The van der Waals surface area contributed by atoms with Gasteiger partial charge in [-0.2, -0.15) is 5.10 Å². The molecule has 0 radical (unpaired) electrons. The van der Waals surface area contributed by atoms with Gasteiger partial charge >= 0.3 is 0 Å². The molecule has 1 aliphatic carbocycles. The number of anilines is 1. The second-order valence-electron chi connectivity index (χ2n) is 11.4. The van der Waals surface area contributed by atoms with Gasteiger partial charge in [-0.15, -0.1) is 0 Å². The number of pyridine rings is 2. The van der Waals surface area contributed by atoms with Crippen LogP contribution >= 0.6 is 15.9 Å². The van der Waals surface area contributed by atoms with Crippen LogP contribution < -0.4 is 5.32 Å². The Morgan fingerprint density at radius 1 is 1.05 bits per heavy atom. The molecule has 1 N–H and O–H groups in total. The van der Waals surface area contributed by atoms with Gasteiger partial charge in [-0.3, -0.25) is 24.0 Å². The number of nitrogens with one attached hydrogen (secondary N) is 1. The van der Waals surface area contributed by atoms with Crippen LogP contribution in [0.3, 0.4) is 0 Å². The van der Waals surface area contributed by atoms with Crippen molar-refractivity contribution in [3.05, 3.63) is 58.5 Å². The van der Waals surface area contributed by atoms with E-state index in [0.29, 0.717) is 57.7 Å². The first-order valence-electron chi connectivity index (χ1n) is 13.9. The fourth-order valence-corrected chi connectivity index (χ4v) is 6.45. The van der Waals surface area contributed by atoms with E-state index in [2.05, 4.69) is 46.3 Å². The number of nitrogens with zero attached hydrogens (tertiary/aromatic N) is 7. The molecule has 0 spiro atoms. The third-order valence-corrected chi connectivity index (χ3v) is 8.69. The molecule has 3 atom stereocenters. The minimum Gasteiger partial charge on any atom is -0.325 e. The first-order chi connectivity index (χ1) is 20.5. The van der Waals surface area contributed by atoms with Gasteiger partial charge in [0.25, 0.3) is 0 Å². The zero-order chi connectivity index (χ0) is 30.6. The van der Waals surface area contributed by atoms with Crippen molar-refractivity contribution < 1.29 is 19.2 Å². The highest BCUT2D eigenvalue weighted by Crippen LogP contribution is 2.62. The summed E-state index contributed by atoms with van der Waals surface area (Å²) in [6.45, 7) is 6.36. The zero-order valence-electron chi connectivity index (χ0n) is 24.1. The molecule has 0 unspecified atom stereocenters. The van der Waals surface area contributed by atoms with E-state index in [1.54, 1.807) is 42.5 Å². The third kappa shape index (κ3) is 5.33. The lowest BCUT2D eigenvalue weighted by Gasteiger charge is -2.27. The molecule has 2 fully saturated rings. The molecular weight excluding hydrogens is 616 g/mol. The lowest BCUT2D eigenvalue weighted by Crippen LogP contribution is -2.47. The predicted octanol–water partition coefficient (Wildman–Crippen LogP) is 3.84. The highest BCUT2D eigenvalue weighted by molar-refractivity contribution is 9.10. The van der Waals surface area contributed by atoms with Crippen molar-refractivity contribution in [1.82, 2.24) is 34.6 Å². The minimum atomic E-state index is -0.786. The number of aromatic nitrogens is 6. The predicted molar refractivity (Wildman–Crippen MR) is 160 cm³/mol. The molecule has 2 amide bonds. The third-order valence-electron chi connectivity index (χ3n) is 8.25. The summed E-state index contributed by atoms with van der Waals surface area (Å²) < 4.78 is 2.03. The molecule has 0 aromatic carbocycles. The molecule has 1 saturated carbocycles. The molecule has 13 heteroatoms. The standard InChI is InChI=1S/C30H29BrN8O4/c1-15-5-6-25(31)35-28(15)36-29(43)22-9-30(8-16(2)40)10-24(30)39(22)26(42)14-38-23-13-34-21(19-11-32-18(4)33-12-19)7-20(23)27(37-38)17(3)41/h5-7,11-13,22,24H,8-10,14H2,1-4H3,(H,35,36,43)/t22-,24+,30-/m0/s1. The van der Waals surface area contributed by atoms with Crippen LogP contribution in [0.1, 0.15) is 55.0 Å². The first-order valence-corrected chi connectivity index (χ1v) is 14.7. The minimum absolute atomic E-state index is 0.0190. The lowest BCUT2D eigenvalue weighted by atomic mass is 9.93. The van der Waals surface area contributed by atoms with Gasteiger partial charge in [0.05, 0.1) is 17.4 Å². The molecule has 1 aliphatic heterocycles. The SMILES string of the molecule is CC(=O)C[C@@]12C[C@@H](C(=O)Nc3nc(Br)ccc3C)N(C(=O)Cn3nc(C(C)=O)c4cc(-c5cnc(C)nc5)ncc43)[C@@H]1C2. The van der Waals surface area contributed by atoms with E-state index < -0.39 is 11.5 Å². The number of carbonyl (C=O) groups excluding carboxylic acids is 4. The number of halogens is 1. The smallest absolute Gasteiger partial charge is 0.248 e. The van der Waals surface area contributed by atoms with Crippen molar-refractivity contribution in [2.75, 3.05) is 5.32 Å². The number of fused-ring (bicyclic) bond motifs is 2.